The fourth-order valence-corrected chi connectivity index (χ4v) is 1.79. The number of β-amino-alcohol motifs (C(OH)–C–C–N with tert-alkyl or cyclic N) is 1. The quantitative estimate of drug-likeness (QED) is 0.842. The summed E-state index contributed by atoms with van der Waals surface area (Å²) in [6.45, 7) is 2.15. The largest absolute Gasteiger partial charge is 0.389 e. The van der Waals surface area contributed by atoms with Crippen LogP contribution >= 0.6 is 12.4 Å². The SMILES string of the molecule is Cl.OC1CNCCC1OCc1ccccc1. The third kappa shape index (κ3) is 3.76. The Kier molecular flexibility index (Phi) is 5.77. The zero-order valence-corrected chi connectivity index (χ0v) is 9.95. The van der Waals surface area contributed by atoms with Crippen molar-refractivity contribution in [2.75, 3.05) is 13.1 Å². The Morgan fingerprint density at radius 3 is 2.75 bits per heavy atom. The number of aliphatic hydroxyl groups excluding tert-OH is 1. The highest BCUT2D eigenvalue weighted by atomic mass is 35.5. The van der Waals surface area contributed by atoms with Crippen molar-refractivity contribution in [1.29, 1.82) is 0 Å². The van der Waals surface area contributed by atoms with Crippen LogP contribution in [0, 0.1) is 0 Å². The molecule has 0 spiro atoms. The van der Waals surface area contributed by atoms with Crippen LogP contribution in [0.5, 0.6) is 0 Å². The first kappa shape index (κ1) is 13.5. The molecule has 1 aliphatic heterocycles. The first-order valence-corrected chi connectivity index (χ1v) is 5.40. The first-order chi connectivity index (χ1) is 7.36. The molecule has 1 aliphatic rings. The second-order valence-corrected chi connectivity index (χ2v) is 3.90. The third-order valence-corrected chi connectivity index (χ3v) is 2.70. The van der Waals surface area contributed by atoms with Gasteiger partial charge < -0.3 is 15.2 Å². The highest BCUT2D eigenvalue weighted by molar-refractivity contribution is 5.85. The van der Waals surface area contributed by atoms with Crippen molar-refractivity contribution in [3.8, 4) is 0 Å². The van der Waals surface area contributed by atoms with Gasteiger partial charge in [-0.3, -0.25) is 0 Å². The van der Waals surface area contributed by atoms with Crippen LogP contribution in [-0.2, 0) is 11.3 Å². The number of aliphatic hydroxyl groups is 1. The summed E-state index contributed by atoms with van der Waals surface area (Å²) in [4.78, 5) is 0. The van der Waals surface area contributed by atoms with Gasteiger partial charge in [-0.1, -0.05) is 30.3 Å². The summed E-state index contributed by atoms with van der Waals surface area (Å²) in [5, 5.41) is 12.8. The number of benzene rings is 1. The predicted octanol–water partition coefficient (Wildman–Crippen LogP) is 1.35. The van der Waals surface area contributed by atoms with Crippen LogP contribution < -0.4 is 5.32 Å². The number of nitrogens with one attached hydrogen (secondary N) is 1. The Hall–Kier alpha value is -0.610. The molecule has 3 nitrogen and oxygen atoms in total. The van der Waals surface area contributed by atoms with Gasteiger partial charge in [-0.15, -0.1) is 12.4 Å². The first-order valence-electron chi connectivity index (χ1n) is 5.40. The Bertz CT molecular complexity index is 294. The molecule has 0 amide bonds. The molecule has 2 rings (SSSR count). The molecule has 1 aromatic carbocycles. The maximum absolute atomic E-state index is 9.66. The van der Waals surface area contributed by atoms with Crippen molar-refractivity contribution in [3.63, 3.8) is 0 Å². The summed E-state index contributed by atoms with van der Waals surface area (Å²) in [6.07, 6.45) is 0.488. The molecule has 2 N–H and O–H groups in total. The van der Waals surface area contributed by atoms with Gasteiger partial charge in [0.05, 0.1) is 18.8 Å². The summed E-state index contributed by atoms with van der Waals surface area (Å²) >= 11 is 0. The number of ether oxygens (including phenoxy) is 1. The van der Waals surface area contributed by atoms with Crippen LogP contribution in [0.25, 0.3) is 0 Å². The van der Waals surface area contributed by atoms with Gasteiger partial charge in [0, 0.05) is 6.54 Å². The minimum Gasteiger partial charge on any atom is -0.389 e. The monoisotopic (exact) mass is 243 g/mol. The summed E-state index contributed by atoms with van der Waals surface area (Å²) in [6, 6.07) is 10.1. The van der Waals surface area contributed by atoms with Crippen LogP contribution in [0.2, 0.25) is 0 Å². The molecule has 16 heavy (non-hydrogen) atoms. The van der Waals surface area contributed by atoms with E-state index < -0.39 is 0 Å². The predicted molar refractivity (Wildman–Crippen MR) is 65.8 cm³/mol. The van der Waals surface area contributed by atoms with E-state index in [-0.39, 0.29) is 24.6 Å². The van der Waals surface area contributed by atoms with E-state index in [1.165, 1.54) is 0 Å². The van der Waals surface area contributed by atoms with E-state index in [1.807, 2.05) is 30.3 Å². The maximum atomic E-state index is 9.66. The highest BCUT2D eigenvalue weighted by Gasteiger charge is 2.22. The Labute approximate surface area is 102 Å². The lowest BCUT2D eigenvalue weighted by molar-refractivity contribution is -0.0594. The lowest BCUT2D eigenvalue weighted by Crippen LogP contribution is -2.45. The standard InChI is InChI=1S/C12H17NO2.ClH/c14-11-8-13-7-6-12(11)15-9-10-4-2-1-3-5-10;/h1-5,11-14H,6-9H2;1H. The van der Waals surface area contributed by atoms with Crippen molar-refractivity contribution in [3.05, 3.63) is 35.9 Å². The number of hydrogen-bond acceptors (Lipinski definition) is 3. The van der Waals surface area contributed by atoms with E-state index in [9.17, 15) is 5.11 Å². The van der Waals surface area contributed by atoms with Gasteiger partial charge in [-0.25, -0.2) is 0 Å². The Morgan fingerprint density at radius 2 is 2.06 bits per heavy atom. The smallest absolute Gasteiger partial charge is 0.0926 e. The van der Waals surface area contributed by atoms with E-state index in [0.717, 1.165) is 18.5 Å². The summed E-state index contributed by atoms with van der Waals surface area (Å²) in [5.74, 6) is 0. The summed E-state index contributed by atoms with van der Waals surface area (Å²) < 4.78 is 5.69. The van der Waals surface area contributed by atoms with E-state index in [4.69, 9.17) is 4.74 Å². The molecule has 1 saturated heterocycles. The molecule has 0 aliphatic carbocycles. The van der Waals surface area contributed by atoms with Crippen LogP contribution in [-0.4, -0.2) is 30.4 Å². The molecular weight excluding hydrogens is 226 g/mol. The molecule has 0 aromatic heterocycles. The lowest BCUT2D eigenvalue weighted by Gasteiger charge is -2.28. The zero-order valence-electron chi connectivity index (χ0n) is 9.13. The van der Waals surface area contributed by atoms with Crippen molar-refractivity contribution in [2.24, 2.45) is 0 Å². The zero-order chi connectivity index (χ0) is 10.5. The normalized spacial score (nSPS) is 24.8. The molecule has 2 atom stereocenters. The van der Waals surface area contributed by atoms with E-state index in [0.29, 0.717) is 13.2 Å². The molecule has 90 valence electrons. The molecule has 1 heterocycles. The second kappa shape index (κ2) is 6.86. The van der Waals surface area contributed by atoms with Crippen LogP contribution in [0.15, 0.2) is 30.3 Å². The van der Waals surface area contributed by atoms with Gasteiger partial charge >= 0.3 is 0 Å². The van der Waals surface area contributed by atoms with Crippen molar-refractivity contribution in [2.45, 2.75) is 25.2 Å². The number of halogens is 1. The summed E-state index contributed by atoms with van der Waals surface area (Å²) in [7, 11) is 0. The van der Waals surface area contributed by atoms with Crippen LogP contribution in [0.1, 0.15) is 12.0 Å². The van der Waals surface area contributed by atoms with Gasteiger partial charge in [-0.2, -0.15) is 0 Å². The fraction of sp³-hybridized carbons (Fsp3) is 0.500. The van der Waals surface area contributed by atoms with Gasteiger partial charge in [0.2, 0.25) is 0 Å². The molecule has 1 fully saturated rings. The van der Waals surface area contributed by atoms with Gasteiger partial charge in [0.15, 0.2) is 0 Å². The molecule has 4 heteroatoms. The minimum absolute atomic E-state index is 0. The van der Waals surface area contributed by atoms with Crippen LogP contribution in [0.3, 0.4) is 0 Å². The van der Waals surface area contributed by atoms with Gasteiger partial charge in [-0.05, 0) is 18.5 Å². The topological polar surface area (TPSA) is 41.5 Å². The Morgan fingerprint density at radius 1 is 1.31 bits per heavy atom. The minimum atomic E-state index is -0.373. The Balaban J connectivity index is 0.00000128. The molecule has 1 aromatic rings. The summed E-state index contributed by atoms with van der Waals surface area (Å²) in [5.41, 5.74) is 1.16. The molecule has 0 radical (unpaired) electrons. The van der Waals surface area contributed by atoms with Gasteiger partial charge in [0.1, 0.15) is 0 Å². The highest BCUT2D eigenvalue weighted by Crippen LogP contribution is 2.11. The molecular formula is C12H18ClNO2. The van der Waals surface area contributed by atoms with E-state index >= 15 is 0 Å². The van der Waals surface area contributed by atoms with Crippen molar-refractivity contribution >= 4 is 12.4 Å². The molecule has 2 unspecified atom stereocenters. The van der Waals surface area contributed by atoms with E-state index in [1.54, 1.807) is 0 Å². The number of hydrogen-bond donors (Lipinski definition) is 2. The molecule has 0 saturated carbocycles. The number of rotatable bonds is 3. The average Bonchev–Trinajstić information content (AvgIpc) is 2.29. The second-order valence-electron chi connectivity index (χ2n) is 3.90. The molecule has 0 bridgehead atoms. The maximum Gasteiger partial charge on any atom is 0.0926 e. The fourth-order valence-electron chi connectivity index (χ4n) is 1.79. The van der Waals surface area contributed by atoms with Crippen molar-refractivity contribution in [1.82, 2.24) is 5.32 Å². The number of piperidine rings is 1. The average molecular weight is 244 g/mol. The van der Waals surface area contributed by atoms with Crippen LogP contribution in [0.4, 0.5) is 0 Å². The lowest BCUT2D eigenvalue weighted by atomic mass is 10.1. The van der Waals surface area contributed by atoms with Crippen molar-refractivity contribution < 1.29 is 9.84 Å². The third-order valence-electron chi connectivity index (χ3n) is 2.70. The van der Waals surface area contributed by atoms with Gasteiger partial charge in [0.25, 0.3) is 0 Å². The van der Waals surface area contributed by atoms with E-state index in [2.05, 4.69) is 5.32 Å².